The lowest BCUT2D eigenvalue weighted by molar-refractivity contribution is -0.389. The van der Waals surface area contributed by atoms with Crippen LogP contribution in [0.5, 0.6) is 0 Å². The summed E-state index contributed by atoms with van der Waals surface area (Å²) in [4.78, 5) is 39.3. The lowest BCUT2D eigenvalue weighted by Gasteiger charge is -2.50. The van der Waals surface area contributed by atoms with Gasteiger partial charge in [-0.2, -0.15) is 0 Å². The molecular weight excluding hydrogens is 1610 g/mol. The van der Waals surface area contributed by atoms with E-state index < -0.39 is 312 Å². The van der Waals surface area contributed by atoms with E-state index in [1.807, 2.05) is 20.8 Å². The molecule has 6 fully saturated rings. The summed E-state index contributed by atoms with van der Waals surface area (Å²) in [6.45, 7) is 24.6. The van der Waals surface area contributed by atoms with E-state index in [2.05, 4.69) is 10.6 Å². The molecule has 2 bridgehead atoms. The number of aliphatic hydroxyl groups is 20. The Kier molecular flexibility index (Phi) is 40.9. The maximum atomic E-state index is 14.7. The number of aliphatic hydroxyl groups excluding tert-OH is 19. The normalized spacial score (nSPS) is 45.8. The molecule has 0 aromatic carbocycles. The van der Waals surface area contributed by atoms with Crippen LogP contribution in [0.1, 0.15) is 207 Å². The van der Waals surface area contributed by atoms with Gasteiger partial charge in [-0.05, 0) is 98.0 Å². The molecule has 22 N–H and O–H groups in total. The predicted molar refractivity (Wildman–Crippen MR) is 432 cm³/mol. The third-order valence-electron chi connectivity index (χ3n) is 26.1. The SMILES string of the molecule is CCC[C@@H](O[C@H]1C[C@](C)(NC(C)=O)[C@H](O)[C@H](C)O1)[C@@H](C)[C@@H](O)[C@@H](/C=C/[C@H](O)[C@@H](C)[C@@H]1C/C=C(\C)[C@@H](O)[C@@H](C)[C@H](O[C@@H]2O[C@H](CO)[C@@H](O)[C@H](O)[C@@H]2O)C[C@@H](O)[C@@H](C)[C@H](O)C[C@@H]2C[C@H](O)[C@@H](O)[C@](O)(C[C@@H](O[C@@H]3O[C@H](C)[C@@H](O)[C@H](O[C@H]4C[C@@H](NC(C)=O)[C@H](O)[C@@H](C)O4)[C@H]3O[C@@H]3O[C@H](C)[C@@H](O)[C@H](O)[C@H]3O)[C@@H](C)CC[C@@H](O)C[C@@H](O)C/C=C(\CC)C(=O)O1)O2)CC. The molecule has 37 heteroatoms. The van der Waals surface area contributed by atoms with Crippen molar-refractivity contribution in [3.05, 3.63) is 35.5 Å². The smallest absolute Gasteiger partial charge is 0.333 e. The Labute approximate surface area is 715 Å². The molecule has 44 atom stereocenters. The highest BCUT2D eigenvalue weighted by molar-refractivity contribution is 5.88. The van der Waals surface area contributed by atoms with Gasteiger partial charge < -0.3 is 170 Å². The summed E-state index contributed by atoms with van der Waals surface area (Å²) in [7, 11) is 0. The standard InChI is InChI=1S/C85H148N2O35/c1-17-20-59(115-65-35-84(16,87-48(15)90)78(107)46(13)112-65)41(8)67(98)49(18-2)24-27-55(93)40(7)60-28-22-38(5)66(97)42(9)61(117-82-75(106)73(104)71(102)63(36-88)119-82)33-57(95)39(6)56(94)30-53-31-58(96)79(108)85(110,122-53)34-62(37(4)21-25-51(91)29-52(92)26-23-50(19-3)80(109)116-60)118-83-77(121-81-74(105)72(103)69(100)44(11)113-81)76(70(101)45(12)114-83)120-64-32-54(86-47(14)89)68(99)43(10)111-64/h22-24,27,37,39-46,49,51-79,81-83,88,91-108,110H,17-21,25-26,28-36H2,1-16H3,(H,86,89)(H,87,90)/b27-24+,38-22+,50-23+/t37-,39-,40+,41+,42-,43+,44+,45+,46-,49+,51+,52-,53+,54+,55-,56+,57+,58-,59+,60-,61+,62+,63+,64-,65-,66+,67+,68+,69+,70+,71+,72-,73-,74+,75-,76-,77+,78+,79+,81-,82+,83-,84-,85-/m0/s1. The van der Waals surface area contributed by atoms with Crippen molar-refractivity contribution in [2.45, 2.75) is 439 Å². The molecule has 708 valence electrons. The molecule has 122 heavy (non-hydrogen) atoms. The van der Waals surface area contributed by atoms with Gasteiger partial charge in [0.1, 0.15) is 85.5 Å². The van der Waals surface area contributed by atoms with Gasteiger partial charge in [0.15, 0.2) is 37.2 Å². The van der Waals surface area contributed by atoms with Crippen molar-refractivity contribution in [3.63, 3.8) is 0 Å². The van der Waals surface area contributed by atoms with Crippen molar-refractivity contribution < 1.29 is 173 Å². The van der Waals surface area contributed by atoms with E-state index in [9.17, 15) is 117 Å². The van der Waals surface area contributed by atoms with E-state index in [0.717, 1.165) is 0 Å². The molecule has 0 aromatic heterocycles. The zero-order valence-corrected chi connectivity index (χ0v) is 73.4. The summed E-state index contributed by atoms with van der Waals surface area (Å²) in [6, 6.07) is -0.939. The van der Waals surface area contributed by atoms with Gasteiger partial charge in [0.25, 0.3) is 0 Å². The van der Waals surface area contributed by atoms with Crippen LogP contribution in [-0.2, 0) is 71.2 Å². The van der Waals surface area contributed by atoms with Gasteiger partial charge in [-0.15, -0.1) is 0 Å². The second-order valence-corrected chi connectivity index (χ2v) is 35.9. The molecule has 7 aliphatic rings. The molecule has 7 heterocycles. The van der Waals surface area contributed by atoms with E-state index in [1.54, 1.807) is 53.7 Å². The fraction of sp³-hybridized carbons (Fsp3) is 0.894. The summed E-state index contributed by atoms with van der Waals surface area (Å²) in [5.74, 6) is -9.84. The third kappa shape index (κ3) is 27.5. The number of rotatable bonds is 24. The topological polar surface area (TPSA) is 591 Å². The molecule has 37 nitrogen and oxygen atoms in total. The Morgan fingerprint density at radius 1 is 0.598 bits per heavy atom. The van der Waals surface area contributed by atoms with Gasteiger partial charge in [-0.25, -0.2) is 4.79 Å². The third-order valence-corrected chi connectivity index (χ3v) is 26.1. The van der Waals surface area contributed by atoms with Gasteiger partial charge in [0.2, 0.25) is 11.8 Å². The molecule has 7 rings (SSSR count). The predicted octanol–water partition coefficient (Wildman–Crippen LogP) is -1.35. The Hall–Kier alpha value is -3.61. The minimum Gasteiger partial charge on any atom is -0.458 e. The van der Waals surface area contributed by atoms with E-state index in [4.69, 9.17) is 56.8 Å². The van der Waals surface area contributed by atoms with Gasteiger partial charge in [0.05, 0.1) is 116 Å². The molecule has 7 aliphatic heterocycles. The van der Waals surface area contributed by atoms with Crippen molar-refractivity contribution >= 4 is 17.8 Å². The zero-order chi connectivity index (χ0) is 91.2. The highest BCUT2D eigenvalue weighted by Gasteiger charge is 2.57. The molecule has 2 amide bonds. The number of cyclic esters (lactones) is 1. The number of hydrogen-bond donors (Lipinski definition) is 22. The first-order valence-electron chi connectivity index (χ1n) is 43.7. The van der Waals surface area contributed by atoms with Crippen molar-refractivity contribution in [2.75, 3.05) is 6.61 Å². The second-order valence-electron chi connectivity index (χ2n) is 35.9. The second kappa shape index (κ2) is 47.3. The Morgan fingerprint density at radius 2 is 1.20 bits per heavy atom. The molecule has 0 aromatic rings. The Balaban J connectivity index is 1.25. The fourth-order valence-electron chi connectivity index (χ4n) is 17.7. The quantitative estimate of drug-likeness (QED) is 0.0393. The lowest BCUT2D eigenvalue weighted by Crippen LogP contribution is -2.65. The summed E-state index contributed by atoms with van der Waals surface area (Å²) in [6.07, 6.45) is -46.8. The molecule has 0 saturated carbocycles. The largest absolute Gasteiger partial charge is 0.458 e. The van der Waals surface area contributed by atoms with Gasteiger partial charge in [0, 0.05) is 94.0 Å². The first-order chi connectivity index (χ1) is 57.1. The highest BCUT2D eigenvalue weighted by Crippen LogP contribution is 2.43. The van der Waals surface area contributed by atoms with Crippen molar-refractivity contribution in [1.29, 1.82) is 0 Å². The number of hydrogen-bond acceptors (Lipinski definition) is 35. The highest BCUT2D eigenvalue weighted by atomic mass is 16.8. The zero-order valence-electron chi connectivity index (χ0n) is 73.4. The summed E-state index contributed by atoms with van der Waals surface area (Å²) in [5.41, 5.74) is -0.774. The number of carbonyl (C=O) groups excluding carboxylic acids is 3. The Morgan fingerprint density at radius 3 is 1.82 bits per heavy atom. The number of carbonyl (C=O) groups is 3. The number of esters is 1. The summed E-state index contributed by atoms with van der Waals surface area (Å²) < 4.78 is 75.6. The molecule has 0 spiro atoms. The molecule has 0 radical (unpaired) electrons. The van der Waals surface area contributed by atoms with Crippen LogP contribution < -0.4 is 10.6 Å². The lowest BCUT2D eigenvalue weighted by atomic mass is 9.82. The van der Waals surface area contributed by atoms with Crippen LogP contribution in [0.2, 0.25) is 0 Å². The van der Waals surface area contributed by atoms with E-state index >= 15 is 0 Å². The van der Waals surface area contributed by atoms with Crippen LogP contribution in [0.4, 0.5) is 0 Å². The van der Waals surface area contributed by atoms with Crippen LogP contribution in [-0.4, -0.2) is 358 Å². The van der Waals surface area contributed by atoms with Crippen molar-refractivity contribution in [1.82, 2.24) is 10.6 Å². The van der Waals surface area contributed by atoms with E-state index in [0.29, 0.717) is 19.3 Å². The molecular formula is C85H148N2O35. The van der Waals surface area contributed by atoms with E-state index in [1.165, 1.54) is 60.6 Å². The first kappa shape index (κ1) is 105. The van der Waals surface area contributed by atoms with Gasteiger partial charge in [-0.3, -0.25) is 9.59 Å². The first-order valence-corrected chi connectivity index (χ1v) is 43.7. The average Bonchev–Trinajstić information content (AvgIpc) is 0.779. The minimum absolute atomic E-state index is 0.0416. The monoisotopic (exact) mass is 1760 g/mol. The summed E-state index contributed by atoms with van der Waals surface area (Å²) in [5, 5.41) is 238. The van der Waals surface area contributed by atoms with Crippen molar-refractivity contribution in [3.8, 4) is 0 Å². The number of ether oxygens (including phenoxy) is 12. The van der Waals surface area contributed by atoms with Crippen LogP contribution in [0, 0.1) is 35.5 Å². The van der Waals surface area contributed by atoms with Gasteiger partial charge in [-0.1, -0.05) is 86.1 Å². The van der Waals surface area contributed by atoms with Crippen LogP contribution in [0.25, 0.3) is 0 Å². The number of nitrogens with one attached hydrogen (secondary N) is 2. The molecule has 6 saturated heterocycles. The minimum atomic E-state index is -2.82. The molecule has 0 aliphatic carbocycles. The van der Waals surface area contributed by atoms with Crippen LogP contribution in [0.3, 0.4) is 0 Å². The van der Waals surface area contributed by atoms with Crippen molar-refractivity contribution in [2.24, 2.45) is 35.5 Å². The molecule has 0 unspecified atom stereocenters. The van der Waals surface area contributed by atoms with E-state index in [-0.39, 0.29) is 68.4 Å². The fourth-order valence-corrected chi connectivity index (χ4v) is 17.7. The maximum absolute atomic E-state index is 14.7. The van der Waals surface area contributed by atoms with Crippen LogP contribution >= 0.6 is 0 Å². The Bertz CT molecular complexity index is 3270. The number of amides is 2. The van der Waals surface area contributed by atoms with Gasteiger partial charge >= 0.3 is 5.97 Å². The average molecular weight is 1760 g/mol. The number of fused-ring (bicyclic) bond motifs is 2. The van der Waals surface area contributed by atoms with Crippen LogP contribution in [0.15, 0.2) is 35.5 Å². The summed E-state index contributed by atoms with van der Waals surface area (Å²) >= 11 is 0. The maximum Gasteiger partial charge on any atom is 0.333 e.